The summed E-state index contributed by atoms with van der Waals surface area (Å²) in [4.78, 5) is 22.8. The van der Waals surface area contributed by atoms with E-state index in [1.165, 1.54) is 24.8 Å². The van der Waals surface area contributed by atoms with Crippen molar-refractivity contribution in [2.75, 3.05) is 13.1 Å². The van der Waals surface area contributed by atoms with E-state index in [1.807, 2.05) is 68.7 Å². The third-order valence-corrected chi connectivity index (χ3v) is 6.49. The zero-order chi connectivity index (χ0) is 25.2. The van der Waals surface area contributed by atoms with Crippen LogP contribution < -0.4 is 5.32 Å². The van der Waals surface area contributed by atoms with Crippen molar-refractivity contribution in [2.45, 2.75) is 58.6 Å². The number of amides is 1. The minimum absolute atomic E-state index is 0.287. The first-order valence-corrected chi connectivity index (χ1v) is 12.9. The van der Waals surface area contributed by atoms with Crippen LogP contribution in [-0.2, 0) is 11.3 Å². The lowest BCUT2D eigenvalue weighted by atomic mass is 9.99. The average molecular weight is 485 g/mol. The summed E-state index contributed by atoms with van der Waals surface area (Å²) in [7, 11) is 0. The van der Waals surface area contributed by atoms with E-state index in [2.05, 4.69) is 33.5 Å². The Kier molecular flexibility index (Phi) is 9.22. The van der Waals surface area contributed by atoms with Gasteiger partial charge >= 0.3 is 6.09 Å². The van der Waals surface area contributed by atoms with Crippen LogP contribution in [0.25, 0.3) is 5.70 Å². The first kappa shape index (κ1) is 25.6. The van der Waals surface area contributed by atoms with Gasteiger partial charge in [0, 0.05) is 41.9 Å². The van der Waals surface area contributed by atoms with Crippen molar-refractivity contribution >= 4 is 11.8 Å². The number of aryl methyl sites for hydroxylation is 2. The predicted molar refractivity (Wildman–Crippen MR) is 143 cm³/mol. The monoisotopic (exact) mass is 484 g/mol. The fourth-order valence-electron chi connectivity index (χ4n) is 4.42. The van der Waals surface area contributed by atoms with E-state index in [4.69, 9.17) is 4.74 Å². The molecule has 5 rings (SSSR count). The van der Waals surface area contributed by atoms with Gasteiger partial charge in [0.25, 0.3) is 0 Å². The summed E-state index contributed by atoms with van der Waals surface area (Å²) in [5.74, 6) is 0. The molecule has 2 aliphatic rings. The van der Waals surface area contributed by atoms with Gasteiger partial charge in [-0.3, -0.25) is 14.9 Å². The number of nitrogens with one attached hydrogen (secondary N) is 1. The van der Waals surface area contributed by atoms with Gasteiger partial charge in [0.1, 0.15) is 6.61 Å². The van der Waals surface area contributed by atoms with Crippen molar-refractivity contribution in [3.63, 3.8) is 0 Å². The number of pyridine rings is 2. The molecule has 2 aromatic heterocycles. The second-order valence-electron chi connectivity index (χ2n) is 9.35. The van der Waals surface area contributed by atoms with E-state index in [0.29, 0.717) is 12.6 Å². The van der Waals surface area contributed by atoms with Gasteiger partial charge in [-0.05, 0) is 75.4 Å². The number of allylic oxidation sites excluding steroid dienone is 1. The maximum atomic E-state index is 12.5. The molecule has 188 valence electrons. The number of rotatable bonds is 4. The maximum absolute atomic E-state index is 12.5. The Morgan fingerprint density at radius 3 is 2.42 bits per heavy atom. The number of nitrogens with zero attached hydrogens (tertiary/aromatic N) is 3. The number of carbonyl (C=O) groups excluding carboxylic acids is 1. The number of hydrogen-bond donors (Lipinski definition) is 1. The van der Waals surface area contributed by atoms with Crippen molar-refractivity contribution < 1.29 is 9.53 Å². The fourth-order valence-corrected chi connectivity index (χ4v) is 4.42. The minimum atomic E-state index is -0.305. The van der Waals surface area contributed by atoms with Crippen molar-refractivity contribution in [3.05, 3.63) is 101 Å². The van der Waals surface area contributed by atoms with Crippen LogP contribution in [0.5, 0.6) is 0 Å². The third kappa shape index (κ3) is 7.25. The Labute approximate surface area is 214 Å². The molecule has 1 N–H and O–H groups in total. The van der Waals surface area contributed by atoms with Gasteiger partial charge in [0.2, 0.25) is 0 Å². The molecule has 1 fully saturated rings. The predicted octanol–water partition coefficient (Wildman–Crippen LogP) is 6.37. The van der Waals surface area contributed by atoms with Crippen molar-refractivity contribution in [2.24, 2.45) is 0 Å². The van der Waals surface area contributed by atoms with E-state index >= 15 is 0 Å². The number of piperidine rings is 1. The van der Waals surface area contributed by atoms with E-state index in [0.717, 1.165) is 47.6 Å². The van der Waals surface area contributed by atoms with Crippen molar-refractivity contribution in [1.82, 2.24) is 20.2 Å². The smallest absolute Gasteiger partial charge is 0.414 e. The lowest BCUT2D eigenvalue weighted by molar-refractivity contribution is 0.112. The van der Waals surface area contributed by atoms with Crippen LogP contribution in [0.1, 0.15) is 66.2 Å². The molecule has 36 heavy (non-hydrogen) atoms. The highest BCUT2D eigenvalue weighted by molar-refractivity contribution is 5.82. The number of benzene rings is 1. The zero-order valence-electron chi connectivity index (χ0n) is 21.3. The van der Waals surface area contributed by atoms with Crippen molar-refractivity contribution in [3.8, 4) is 0 Å². The molecule has 0 bridgehead atoms. The van der Waals surface area contributed by atoms with E-state index in [1.54, 1.807) is 4.90 Å². The molecular weight excluding hydrogens is 448 g/mol. The van der Waals surface area contributed by atoms with Gasteiger partial charge in [0.15, 0.2) is 0 Å². The van der Waals surface area contributed by atoms with Gasteiger partial charge in [-0.1, -0.05) is 48.9 Å². The summed E-state index contributed by atoms with van der Waals surface area (Å²) >= 11 is 0. The molecule has 2 aliphatic heterocycles. The van der Waals surface area contributed by atoms with Crippen LogP contribution >= 0.6 is 0 Å². The van der Waals surface area contributed by atoms with Crippen LogP contribution in [0.2, 0.25) is 0 Å². The second kappa shape index (κ2) is 13.0. The zero-order valence-corrected chi connectivity index (χ0v) is 21.3. The Morgan fingerprint density at radius 1 is 0.972 bits per heavy atom. The van der Waals surface area contributed by atoms with Gasteiger partial charge in [-0.25, -0.2) is 4.79 Å². The summed E-state index contributed by atoms with van der Waals surface area (Å²) in [5, 5.41) is 3.51. The lowest BCUT2D eigenvalue weighted by Gasteiger charge is -2.28. The van der Waals surface area contributed by atoms with Gasteiger partial charge < -0.3 is 10.1 Å². The largest absolute Gasteiger partial charge is 0.444 e. The molecule has 6 heteroatoms. The minimum Gasteiger partial charge on any atom is -0.444 e. The Bertz CT molecular complexity index is 1120. The maximum Gasteiger partial charge on any atom is 0.414 e. The highest BCUT2D eigenvalue weighted by Gasteiger charge is 2.23. The number of carbonyl (C=O) groups is 1. The molecule has 0 radical (unpaired) electrons. The summed E-state index contributed by atoms with van der Waals surface area (Å²) in [6, 6.07) is 18.5. The van der Waals surface area contributed by atoms with Crippen LogP contribution in [0.3, 0.4) is 0 Å². The molecule has 1 unspecified atom stereocenters. The Hall–Kier alpha value is -3.51. The molecule has 1 atom stereocenters. The molecule has 6 nitrogen and oxygen atoms in total. The molecule has 0 saturated carbocycles. The SMILES string of the molecule is Cc1ccc(C2=CCCCN2C(=O)OCc2ccccc2)cn1.Cc1ccc(C2CCCCN2)cn1. The third-order valence-electron chi connectivity index (χ3n) is 6.49. The van der Waals surface area contributed by atoms with Crippen molar-refractivity contribution in [1.29, 1.82) is 0 Å². The molecule has 1 aromatic carbocycles. The normalized spacial score (nSPS) is 17.4. The van der Waals surface area contributed by atoms with Gasteiger partial charge in [0.05, 0.1) is 5.70 Å². The number of aromatic nitrogens is 2. The number of hydrogen-bond acceptors (Lipinski definition) is 5. The van der Waals surface area contributed by atoms with Crippen LogP contribution in [0, 0.1) is 13.8 Å². The summed E-state index contributed by atoms with van der Waals surface area (Å²) in [6.45, 7) is 6.09. The highest BCUT2D eigenvalue weighted by atomic mass is 16.6. The van der Waals surface area contributed by atoms with E-state index in [-0.39, 0.29) is 12.7 Å². The summed E-state index contributed by atoms with van der Waals surface area (Å²) in [6.07, 6.45) is 11.4. The second-order valence-corrected chi connectivity index (χ2v) is 9.35. The highest BCUT2D eigenvalue weighted by Crippen LogP contribution is 2.26. The summed E-state index contributed by atoms with van der Waals surface area (Å²) in [5.41, 5.74) is 6.22. The molecule has 3 aromatic rings. The van der Waals surface area contributed by atoms with E-state index in [9.17, 15) is 4.79 Å². The fraction of sp³-hybridized carbons (Fsp3) is 0.367. The quantitative estimate of drug-likeness (QED) is 0.466. The standard InChI is InChI=1S/C19H20N2O2.C11H16N2/c1-15-10-11-17(13-20-15)18-9-5-6-12-21(18)19(22)23-14-16-7-3-2-4-8-16;1-9-5-6-10(8-13-9)11-4-2-3-7-12-11/h2-4,7-11,13H,5-6,12,14H2,1H3;5-6,8,11-12H,2-4,7H2,1H3. The molecule has 1 amide bonds. The average Bonchev–Trinajstić information content (AvgIpc) is 2.94. The molecule has 0 aliphatic carbocycles. The van der Waals surface area contributed by atoms with Crippen LogP contribution in [0.4, 0.5) is 4.79 Å². The van der Waals surface area contributed by atoms with Crippen LogP contribution in [0.15, 0.2) is 73.1 Å². The first-order chi connectivity index (χ1) is 17.6. The van der Waals surface area contributed by atoms with Gasteiger partial charge in [-0.2, -0.15) is 0 Å². The van der Waals surface area contributed by atoms with Gasteiger partial charge in [-0.15, -0.1) is 0 Å². The topological polar surface area (TPSA) is 67.4 Å². The first-order valence-electron chi connectivity index (χ1n) is 12.9. The molecule has 0 spiro atoms. The number of ether oxygens (including phenoxy) is 1. The van der Waals surface area contributed by atoms with Crippen LogP contribution in [-0.4, -0.2) is 34.1 Å². The molecule has 1 saturated heterocycles. The van der Waals surface area contributed by atoms with E-state index < -0.39 is 0 Å². The molecular formula is C30H36N4O2. The Morgan fingerprint density at radius 2 is 1.75 bits per heavy atom. The summed E-state index contributed by atoms with van der Waals surface area (Å²) < 4.78 is 5.47. The molecule has 4 heterocycles. The lowest BCUT2D eigenvalue weighted by Crippen LogP contribution is -2.33. The Balaban J connectivity index is 0.000000197.